The molecular formula is C12H22N2O. The molecule has 1 saturated heterocycles. The summed E-state index contributed by atoms with van der Waals surface area (Å²) in [5, 5.41) is 3.15. The van der Waals surface area contributed by atoms with Crippen molar-refractivity contribution in [2.45, 2.75) is 38.1 Å². The van der Waals surface area contributed by atoms with E-state index >= 15 is 0 Å². The van der Waals surface area contributed by atoms with Crippen molar-refractivity contribution >= 4 is 5.91 Å². The largest absolute Gasteiger partial charge is 0.339 e. The highest BCUT2D eigenvalue weighted by Crippen LogP contribution is 2.20. The van der Waals surface area contributed by atoms with E-state index in [1.807, 2.05) is 11.9 Å². The van der Waals surface area contributed by atoms with Crippen LogP contribution in [0.3, 0.4) is 0 Å². The van der Waals surface area contributed by atoms with Crippen molar-refractivity contribution in [1.29, 1.82) is 0 Å². The Morgan fingerprint density at radius 2 is 2.40 bits per heavy atom. The molecule has 0 aliphatic carbocycles. The summed E-state index contributed by atoms with van der Waals surface area (Å²) in [6, 6.07) is 0.443. The molecule has 1 amide bonds. The number of nitrogens with zero attached hydrogens (tertiary/aromatic N) is 1. The second-order valence-electron chi connectivity index (χ2n) is 4.12. The molecule has 86 valence electrons. The molecule has 1 rings (SSSR count). The third-order valence-electron chi connectivity index (χ3n) is 2.99. The Labute approximate surface area is 92.5 Å². The molecule has 0 bridgehead atoms. The van der Waals surface area contributed by atoms with Crippen LogP contribution in [0.1, 0.15) is 32.1 Å². The average molecular weight is 210 g/mol. The van der Waals surface area contributed by atoms with Gasteiger partial charge in [0, 0.05) is 19.0 Å². The van der Waals surface area contributed by atoms with Gasteiger partial charge in [0.2, 0.25) is 5.91 Å². The van der Waals surface area contributed by atoms with E-state index in [0.29, 0.717) is 12.5 Å². The molecule has 15 heavy (non-hydrogen) atoms. The molecule has 0 saturated carbocycles. The third-order valence-corrected chi connectivity index (χ3v) is 2.99. The molecule has 0 aromatic carbocycles. The van der Waals surface area contributed by atoms with Crippen LogP contribution in [0.25, 0.3) is 0 Å². The molecule has 0 radical (unpaired) electrons. The van der Waals surface area contributed by atoms with Gasteiger partial charge in [0.1, 0.15) is 0 Å². The molecule has 1 fully saturated rings. The number of amides is 1. The Kier molecular flexibility index (Phi) is 5.40. The van der Waals surface area contributed by atoms with Crippen LogP contribution in [0.2, 0.25) is 0 Å². The zero-order chi connectivity index (χ0) is 11.1. The zero-order valence-corrected chi connectivity index (χ0v) is 9.67. The molecule has 0 aromatic rings. The first-order valence-electron chi connectivity index (χ1n) is 5.84. The van der Waals surface area contributed by atoms with Gasteiger partial charge >= 0.3 is 0 Å². The van der Waals surface area contributed by atoms with Gasteiger partial charge in [-0.2, -0.15) is 0 Å². The fourth-order valence-electron chi connectivity index (χ4n) is 2.18. The summed E-state index contributed by atoms with van der Waals surface area (Å²) in [4.78, 5) is 13.9. The lowest BCUT2D eigenvalue weighted by Crippen LogP contribution is -2.44. The summed E-state index contributed by atoms with van der Waals surface area (Å²) in [5.74, 6) is 0.241. The van der Waals surface area contributed by atoms with Crippen molar-refractivity contribution in [2.24, 2.45) is 0 Å². The van der Waals surface area contributed by atoms with Gasteiger partial charge in [-0.25, -0.2) is 0 Å². The first-order chi connectivity index (χ1) is 7.29. The lowest BCUT2D eigenvalue weighted by Gasteiger charge is -2.35. The van der Waals surface area contributed by atoms with E-state index in [1.165, 1.54) is 6.42 Å². The van der Waals surface area contributed by atoms with Crippen LogP contribution in [0.5, 0.6) is 0 Å². The second kappa shape index (κ2) is 6.62. The van der Waals surface area contributed by atoms with E-state index in [2.05, 4.69) is 11.9 Å². The lowest BCUT2D eigenvalue weighted by atomic mass is 9.99. The van der Waals surface area contributed by atoms with Crippen molar-refractivity contribution in [2.75, 3.05) is 20.1 Å². The molecule has 1 aliphatic rings. The summed E-state index contributed by atoms with van der Waals surface area (Å²) in [7, 11) is 1.96. The Balaban J connectivity index is 2.48. The van der Waals surface area contributed by atoms with E-state index in [4.69, 9.17) is 0 Å². The van der Waals surface area contributed by atoms with E-state index in [1.54, 1.807) is 6.08 Å². The Morgan fingerprint density at radius 3 is 3.07 bits per heavy atom. The van der Waals surface area contributed by atoms with Crippen LogP contribution >= 0.6 is 0 Å². The maximum absolute atomic E-state index is 11.8. The molecule has 1 atom stereocenters. The highest BCUT2D eigenvalue weighted by molar-refractivity contribution is 5.78. The van der Waals surface area contributed by atoms with Gasteiger partial charge in [0.05, 0.1) is 0 Å². The summed E-state index contributed by atoms with van der Waals surface area (Å²) in [6.07, 6.45) is 6.82. The van der Waals surface area contributed by atoms with Gasteiger partial charge in [-0.05, 0) is 39.3 Å². The van der Waals surface area contributed by atoms with Crippen LogP contribution in [0.15, 0.2) is 12.7 Å². The number of rotatable bonds is 5. The Morgan fingerprint density at radius 1 is 1.60 bits per heavy atom. The summed E-state index contributed by atoms with van der Waals surface area (Å²) in [6.45, 7) is 5.54. The normalized spacial score (nSPS) is 21.4. The summed E-state index contributed by atoms with van der Waals surface area (Å²) >= 11 is 0. The minimum Gasteiger partial charge on any atom is -0.339 e. The van der Waals surface area contributed by atoms with E-state index in [0.717, 1.165) is 32.4 Å². The van der Waals surface area contributed by atoms with Gasteiger partial charge in [-0.1, -0.05) is 6.08 Å². The average Bonchev–Trinajstić information content (AvgIpc) is 2.27. The molecule has 1 heterocycles. The third kappa shape index (κ3) is 3.67. The van der Waals surface area contributed by atoms with Crippen LogP contribution in [-0.2, 0) is 4.79 Å². The fraction of sp³-hybridized carbons (Fsp3) is 0.750. The van der Waals surface area contributed by atoms with Gasteiger partial charge in [-0.3, -0.25) is 4.79 Å². The van der Waals surface area contributed by atoms with E-state index in [-0.39, 0.29) is 5.91 Å². The monoisotopic (exact) mass is 210 g/mol. The van der Waals surface area contributed by atoms with Crippen LogP contribution < -0.4 is 5.32 Å². The van der Waals surface area contributed by atoms with Crippen molar-refractivity contribution in [3.05, 3.63) is 12.7 Å². The standard InChI is InChI=1S/C12H22N2O/c1-3-6-12(15)14-10-5-4-7-11(14)8-9-13-2/h3,11,13H,1,4-10H2,2H3. The molecule has 3 nitrogen and oxygen atoms in total. The molecule has 1 aliphatic heterocycles. The first kappa shape index (κ1) is 12.2. The summed E-state index contributed by atoms with van der Waals surface area (Å²) in [5.41, 5.74) is 0. The number of carbonyl (C=O) groups is 1. The van der Waals surface area contributed by atoms with Crippen molar-refractivity contribution in [3.8, 4) is 0 Å². The molecule has 0 aromatic heterocycles. The smallest absolute Gasteiger partial charge is 0.226 e. The quantitative estimate of drug-likeness (QED) is 0.698. The molecular weight excluding hydrogens is 188 g/mol. The van der Waals surface area contributed by atoms with Gasteiger partial charge in [0.15, 0.2) is 0 Å². The molecule has 0 spiro atoms. The number of likely N-dealkylation sites (tertiary alicyclic amines) is 1. The minimum atomic E-state index is 0.241. The number of carbonyl (C=O) groups excluding carboxylic acids is 1. The molecule has 1 N–H and O–H groups in total. The highest BCUT2D eigenvalue weighted by Gasteiger charge is 2.24. The predicted octanol–water partition coefficient (Wildman–Crippen LogP) is 1.55. The first-order valence-corrected chi connectivity index (χ1v) is 5.84. The van der Waals surface area contributed by atoms with Gasteiger partial charge in [0.25, 0.3) is 0 Å². The number of piperidine rings is 1. The Hall–Kier alpha value is -0.830. The predicted molar refractivity (Wildman–Crippen MR) is 62.7 cm³/mol. The zero-order valence-electron chi connectivity index (χ0n) is 9.67. The molecule has 1 unspecified atom stereocenters. The van der Waals surface area contributed by atoms with E-state index < -0.39 is 0 Å². The number of hydrogen-bond donors (Lipinski definition) is 1. The van der Waals surface area contributed by atoms with Gasteiger partial charge < -0.3 is 10.2 Å². The van der Waals surface area contributed by atoms with Crippen LogP contribution in [0.4, 0.5) is 0 Å². The van der Waals surface area contributed by atoms with Crippen LogP contribution in [0, 0.1) is 0 Å². The number of hydrogen-bond acceptors (Lipinski definition) is 2. The minimum absolute atomic E-state index is 0.241. The summed E-state index contributed by atoms with van der Waals surface area (Å²) < 4.78 is 0. The lowest BCUT2D eigenvalue weighted by molar-refractivity contribution is -0.134. The fourth-order valence-corrected chi connectivity index (χ4v) is 2.18. The van der Waals surface area contributed by atoms with Crippen molar-refractivity contribution in [3.63, 3.8) is 0 Å². The molecule has 3 heteroatoms. The number of nitrogens with one attached hydrogen (secondary N) is 1. The maximum atomic E-state index is 11.8. The maximum Gasteiger partial charge on any atom is 0.226 e. The highest BCUT2D eigenvalue weighted by atomic mass is 16.2. The van der Waals surface area contributed by atoms with Crippen LogP contribution in [-0.4, -0.2) is 37.0 Å². The van der Waals surface area contributed by atoms with E-state index in [9.17, 15) is 4.79 Å². The van der Waals surface area contributed by atoms with Crippen molar-refractivity contribution < 1.29 is 4.79 Å². The van der Waals surface area contributed by atoms with Gasteiger partial charge in [-0.15, -0.1) is 6.58 Å². The SMILES string of the molecule is C=CCC(=O)N1CCCCC1CCNC. The topological polar surface area (TPSA) is 32.3 Å². The second-order valence-corrected chi connectivity index (χ2v) is 4.12. The Bertz CT molecular complexity index is 216. The van der Waals surface area contributed by atoms with Crippen molar-refractivity contribution in [1.82, 2.24) is 10.2 Å².